The van der Waals surface area contributed by atoms with Crippen LogP contribution in [0.25, 0.3) is 0 Å². The van der Waals surface area contributed by atoms with E-state index in [0.29, 0.717) is 18.8 Å². The van der Waals surface area contributed by atoms with Crippen LogP contribution in [0.3, 0.4) is 0 Å². The minimum atomic E-state index is -0.321. The summed E-state index contributed by atoms with van der Waals surface area (Å²) in [6.45, 7) is 9.13. The number of likely N-dealkylation sites (tertiary alicyclic amines) is 1. The molecule has 2 aliphatic heterocycles. The number of amides is 2. The van der Waals surface area contributed by atoms with Crippen LogP contribution in [0.4, 0.5) is 5.69 Å². The number of benzene rings is 1. The van der Waals surface area contributed by atoms with E-state index in [0.717, 1.165) is 18.8 Å². The van der Waals surface area contributed by atoms with Gasteiger partial charge in [-0.15, -0.1) is 0 Å². The molecule has 2 saturated heterocycles. The van der Waals surface area contributed by atoms with E-state index >= 15 is 0 Å². The Morgan fingerprint density at radius 2 is 1.68 bits per heavy atom. The molecule has 0 spiro atoms. The van der Waals surface area contributed by atoms with Crippen molar-refractivity contribution < 1.29 is 9.59 Å². The Morgan fingerprint density at radius 1 is 1.04 bits per heavy atom. The first-order chi connectivity index (χ1) is 11.8. The molecule has 3 rings (SSSR count). The highest BCUT2D eigenvalue weighted by atomic mass is 16.2. The number of nitrogens with zero attached hydrogens (tertiary/aromatic N) is 1. The molecule has 2 fully saturated rings. The van der Waals surface area contributed by atoms with Gasteiger partial charge in [-0.3, -0.25) is 19.8 Å². The van der Waals surface area contributed by atoms with Gasteiger partial charge in [0.2, 0.25) is 11.8 Å². The lowest BCUT2D eigenvalue weighted by Gasteiger charge is -2.41. The summed E-state index contributed by atoms with van der Waals surface area (Å²) >= 11 is 0. The molecule has 0 radical (unpaired) electrons. The fourth-order valence-electron chi connectivity index (χ4n) is 3.77. The molecule has 5 heteroatoms. The molecule has 0 aliphatic carbocycles. The number of nitrogens with one attached hydrogen (secondary N) is 2. The van der Waals surface area contributed by atoms with Gasteiger partial charge in [-0.25, -0.2) is 0 Å². The predicted molar refractivity (Wildman–Crippen MR) is 99.5 cm³/mol. The van der Waals surface area contributed by atoms with Crippen LogP contribution in [-0.4, -0.2) is 41.4 Å². The van der Waals surface area contributed by atoms with Crippen LogP contribution in [0.1, 0.15) is 57.9 Å². The zero-order valence-electron chi connectivity index (χ0n) is 15.5. The van der Waals surface area contributed by atoms with Crippen LogP contribution in [0.2, 0.25) is 0 Å². The van der Waals surface area contributed by atoms with Crippen molar-refractivity contribution in [2.45, 2.75) is 64.0 Å². The number of carbonyl (C=O) groups is 2. The van der Waals surface area contributed by atoms with Crippen molar-refractivity contribution in [1.82, 2.24) is 10.2 Å². The van der Waals surface area contributed by atoms with Gasteiger partial charge < -0.3 is 5.32 Å². The molecule has 0 bridgehead atoms. The molecular weight excluding hydrogens is 314 g/mol. The van der Waals surface area contributed by atoms with Crippen molar-refractivity contribution >= 4 is 17.5 Å². The van der Waals surface area contributed by atoms with E-state index in [1.54, 1.807) is 0 Å². The summed E-state index contributed by atoms with van der Waals surface area (Å²) in [5, 5.41) is 5.62. The zero-order chi connectivity index (χ0) is 18.0. The standard InChI is InChI=1S/C20H29N3O2/c1-20(2,3)23-12-10-15(11-13-23)14-4-6-16(7-5-14)21-17-8-9-18(24)22-19(17)25/h4-7,15,17,21H,8-13H2,1-3H3,(H,22,24,25)/t17-/m0/s1. The van der Waals surface area contributed by atoms with E-state index in [4.69, 9.17) is 0 Å². The van der Waals surface area contributed by atoms with Gasteiger partial charge in [0.1, 0.15) is 6.04 Å². The zero-order valence-corrected chi connectivity index (χ0v) is 15.5. The molecule has 25 heavy (non-hydrogen) atoms. The van der Waals surface area contributed by atoms with Crippen LogP contribution in [0.15, 0.2) is 24.3 Å². The van der Waals surface area contributed by atoms with Crippen LogP contribution < -0.4 is 10.6 Å². The summed E-state index contributed by atoms with van der Waals surface area (Å²) in [7, 11) is 0. The third kappa shape index (κ3) is 4.40. The Kier molecular flexibility index (Phi) is 5.13. The van der Waals surface area contributed by atoms with Gasteiger partial charge >= 0.3 is 0 Å². The van der Waals surface area contributed by atoms with Gasteiger partial charge in [-0.1, -0.05) is 12.1 Å². The molecule has 0 unspecified atom stereocenters. The van der Waals surface area contributed by atoms with E-state index in [1.165, 1.54) is 18.4 Å². The highest BCUT2D eigenvalue weighted by molar-refractivity contribution is 6.01. The highest BCUT2D eigenvalue weighted by Crippen LogP contribution is 2.31. The Hall–Kier alpha value is -1.88. The number of anilines is 1. The van der Waals surface area contributed by atoms with Crippen molar-refractivity contribution in [2.75, 3.05) is 18.4 Å². The maximum absolute atomic E-state index is 11.8. The molecule has 5 nitrogen and oxygen atoms in total. The number of carbonyl (C=O) groups excluding carboxylic acids is 2. The molecule has 2 heterocycles. The van der Waals surface area contributed by atoms with Crippen molar-refractivity contribution in [2.24, 2.45) is 0 Å². The van der Waals surface area contributed by atoms with Gasteiger partial charge in [0.15, 0.2) is 0 Å². The molecule has 0 saturated carbocycles. The van der Waals surface area contributed by atoms with E-state index in [1.807, 2.05) is 0 Å². The van der Waals surface area contributed by atoms with E-state index < -0.39 is 0 Å². The second kappa shape index (κ2) is 7.16. The summed E-state index contributed by atoms with van der Waals surface area (Å²) in [6.07, 6.45) is 3.33. The molecule has 1 aromatic rings. The molecule has 2 aliphatic rings. The van der Waals surface area contributed by atoms with Crippen LogP contribution >= 0.6 is 0 Å². The number of rotatable bonds is 3. The highest BCUT2D eigenvalue weighted by Gasteiger charge is 2.28. The van der Waals surface area contributed by atoms with Crippen LogP contribution in [0.5, 0.6) is 0 Å². The molecule has 1 aromatic carbocycles. The van der Waals surface area contributed by atoms with Crippen LogP contribution in [0, 0.1) is 0 Å². The summed E-state index contributed by atoms with van der Waals surface area (Å²) in [4.78, 5) is 25.6. The van der Waals surface area contributed by atoms with Crippen LogP contribution in [-0.2, 0) is 9.59 Å². The average Bonchev–Trinajstić information content (AvgIpc) is 2.57. The summed E-state index contributed by atoms with van der Waals surface area (Å²) in [5.41, 5.74) is 2.56. The first-order valence-electron chi connectivity index (χ1n) is 9.28. The maximum atomic E-state index is 11.8. The first-order valence-corrected chi connectivity index (χ1v) is 9.28. The molecule has 2 amide bonds. The lowest BCUT2D eigenvalue weighted by Crippen LogP contribution is -2.47. The van der Waals surface area contributed by atoms with Crippen molar-refractivity contribution in [3.63, 3.8) is 0 Å². The average molecular weight is 343 g/mol. The topological polar surface area (TPSA) is 61.4 Å². The summed E-state index contributed by atoms with van der Waals surface area (Å²) in [5.74, 6) is 0.207. The van der Waals surface area contributed by atoms with Gasteiger partial charge in [0, 0.05) is 17.6 Å². The number of hydrogen-bond donors (Lipinski definition) is 2. The number of piperidine rings is 2. The second-order valence-corrected chi connectivity index (χ2v) is 8.20. The van der Waals surface area contributed by atoms with Crippen molar-refractivity contribution in [1.29, 1.82) is 0 Å². The molecular formula is C20H29N3O2. The maximum Gasteiger partial charge on any atom is 0.249 e. The monoisotopic (exact) mass is 343 g/mol. The van der Waals surface area contributed by atoms with Gasteiger partial charge in [-0.05, 0) is 76.7 Å². The molecule has 136 valence electrons. The summed E-state index contributed by atoms with van der Waals surface area (Å²) < 4.78 is 0. The fraction of sp³-hybridized carbons (Fsp3) is 0.600. The Balaban J connectivity index is 1.56. The fourth-order valence-corrected chi connectivity index (χ4v) is 3.77. The van der Waals surface area contributed by atoms with E-state index in [-0.39, 0.29) is 23.4 Å². The SMILES string of the molecule is CC(C)(C)N1CCC(c2ccc(N[C@H]3CCC(=O)NC3=O)cc2)CC1. The Morgan fingerprint density at radius 3 is 2.24 bits per heavy atom. The third-order valence-corrected chi connectivity index (χ3v) is 5.41. The predicted octanol–water partition coefficient (Wildman–Crippen LogP) is 2.88. The number of imide groups is 1. The molecule has 1 atom stereocenters. The molecule has 2 N–H and O–H groups in total. The number of hydrogen-bond acceptors (Lipinski definition) is 4. The van der Waals surface area contributed by atoms with Gasteiger partial charge in [0.05, 0.1) is 0 Å². The Bertz CT molecular complexity index is 625. The normalized spacial score (nSPS) is 23.4. The summed E-state index contributed by atoms with van der Waals surface area (Å²) in [6, 6.07) is 8.13. The van der Waals surface area contributed by atoms with Gasteiger partial charge in [-0.2, -0.15) is 0 Å². The van der Waals surface area contributed by atoms with E-state index in [2.05, 4.69) is 60.6 Å². The van der Waals surface area contributed by atoms with Crippen molar-refractivity contribution in [3.05, 3.63) is 29.8 Å². The molecule has 0 aromatic heterocycles. The third-order valence-electron chi connectivity index (χ3n) is 5.41. The lowest BCUT2D eigenvalue weighted by molar-refractivity contribution is -0.133. The smallest absolute Gasteiger partial charge is 0.249 e. The second-order valence-electron chi connectivity index (χ2n) is 8.20. The Labute approximate surface area is 150 Å². The largest absolute Gasteiger partial charge is 0.374 e. The van der Waals surface area contributed by atoms with E-state index in [9.17, 15) is 9.59 Å². The minimum Gasteiger partial charge on any atom is -0.374 e. The first kappa shape index (κ1) is 17.9. The lowest BCUT2D eigenvalue weighted by atomic mass is 9.87. The quantitative estimate of drug-likeness (QED) is 0.829. The minimum absolute atomic E-state index is 0.181. The van der Waals surface area contributed by atoms with Gasteiger partial charge in [0.25, 0.3) is 0 Å². The van der Waals surface area contributed by atoms with Crippen molar-refractivity contribution in [3.8, 4) is 0 Å².